The number of nitrogens with one attached hydrogen (secondary N) is 1. The Kier molecular flexibility index (Phi) is 11.5. The minimum absolute atomic E-state index is 0. The molecule has 2 unspecified atom stereocenters. The molecule has 2 aliphatic rings. The molecule has 4 rings (SSSR count). The number of nitrogen functional groups attached to an aromatic ring is 1. The summed E-state index contributed by atoms with van der Waals surface area (Å²) in [6.45, 7) is 1.53. The Morgan fingerprint density at radius 3 is 2.78 bits per heavy atom. The third kappa shape index (κ3) is 7.37. The molecule has 4 heterocycles. The number of thiazole rings is 1. The van der Waals surface area contributed by atoms with Crippen molar-refractivity contribution in [2.24, 2.45) is 10.9 Å². The molecule has 2 amide bonds. The Labute approximate surface area is 266 Å². The van der Waals surface area contributed by atoms with Crippen molar-refractivity contribution in [1.82, 2.24) is 35.4 Å². The molecule has 0 spiro atoms. The van der Waals surface area contributed by atoms with Gasteiger partial charge in [-0.25, -0.2) is 9.67 Å². The van der Waals surface area contributed by atoms with Crippen LogP contribution in [0.25, 0.3) is 0 Å². The summed E-state index contributed by atoms with van der Waals surface area (Å²) in [4.78, 5) is 59.8. The number of anilines is 1. The molecule has 0 radical (unpaired) electrons. The summed E-state index contributed by atoms with van der Waals surface area (Å²) in [6, 6.07) is -1.05. The van der Waals surface area contributed by atoms with Crippen LogP contribution in [-0.2, 0) is 30.6 Å². The molecule has 3 atom stereocenters. The summed E-state index contributed by atoms with van der Waals surface area (Å²) in [5.74, 6) is -3.88. The van der Waals surface area contributed by atoms with Crippen molar-refractivity contribution in [1.29, 1.82) is 0 Å². The van der Waals surface area contributed by atoms with Crippen LogP contribution in [0.4, 0.5) is 5.13 Å². The van der Waals surface area contributed by atoms with E-state index in [2.05, 4.69) is 31.0 Å². The first-order valence-corrected chi connectivity index (χ1v) is 14.5. The van der Waals surface area contributed by atoms with Gasteiger partial charge in [0, 0.05) is 23.4 Å². The van der Waals surface area contributed by atoms with E-state index in [0.717, 1.165) is 32.7 Å². The van der Waals surface area contributed by atoms with Gasteiger partial charge in [0.05, 0.1) is 11.7 Å². The van der Waals surface area contributed by atoms with Gasteiger partial charge in [0.15, 0.2) is 10.8 Å². The molecule has 0 bridgehead atoms. The zero-order chi connectivity index (χ0) is 29.0. The number of thioether (sulfide) groups is 2. The fraction of sp³-hybridized carbons (Fsp3) is 0.450. The zero-order valence-electron chi connectivity index (χ0n) is 21.8. The molecule has 17 nitrogen and oxygen atoms in total. The van der Waals surface area contributed by atoms with Crippen molar-refractivity contribution < 1.29 is 63.8 Å². The second-order valence-corrected chi connectivity index (χ2v) is 11.2. The number of carbonyl (C=O) groups is 4. The number of hydrogen-bond acceptors (Lipinski definition) is 16. The first-order chi connectivity index (χ1) is 19.1. The van der Waals surface area contributed by atoms with E-state index in [1.54, 1.807) is 0 Å². The smallest absolute Gasteiger partial charge is 0.543 e. The summed E-state index contributed by atoms with van der Waals surface area (Å²) in [7, 11) is 0. The van der Waals surface area contributed by atoms with E-state index in [0.29, 0.717) is 12.0 Å². The predicted octanol–water partition coefficient (Wildman–Crippen LogP) is -5.55. The number of β-lactam (4-membered cyclic amide) rings is 1. The molecule has 2 aromatic rings. The first-order valence-electron chi connectivity index (χ1n) is 11.6. The van der Waals surface area contributed by atoms with E-state index >= 15 is 0 Å². The van der Waals surface area contributed by atoms with Crippen LogP contribution in [0.1, 0.15) is 19.0 Å². The van der Waals surface area contributed by atoms with Crippen molar-refractivity contribution in [3.63, 3.8) is 0 Å². The molecular formula is C20H23N10NaO7S3. The van der Waals surface area contributed by atoms with Crippen LogP contribution in [0.3, 0.4) is 0 Å². The quantitative estimate of drug-likeness (QED) is 0.0527. The number of oxime groups is 1. The van der Waals surface area contributed by atoms with Crippen LogP contribution in [0, 0.1) is 0 Å². The van der Waals surface area contributed by atoms with Gasteiger partial charge in [-0.1, -0.05) is 23.8 Å². The molecule has 6 N–H and O–H groups in total. The number of carbonyl (C=O) groups excluding carboxylic acids is 3. The topological polar surface area (TPSA) is 257 Å². The minimum atomic E-state index is -1.56. The van der Waals surface area contributed by atoms with Gasteiger partial charge in [0.25, 0.3) is 11.8 Å². The van der Waals surface area contributed by atoms with Crippen LogP contribution in [0.15, 0.2) is 27.0 Å². The Bertz CT molecular complexity index is 1380. The zero-order valence-corrected chi connectivity index (χ0v) is 26.2. The molecule has 21 heteroatoms. The number of rotatable bonds is 13. The number of carboxylic acid groups (broad SMARTS) is 2. The van der Waals surface area contributed by atoms with Gasteiger partial charge in [0.2, 0.25) is 5.16 Å². The van der Waals surface area contributed by atoms with E-state index in [1.807, 2.05) is 6.92 Å². The Balaban J connectivity index is 0.00000462. The number of hydrogen-bond donors (Lipinski definition) is 4. The Morgan fingerprint density at radius 2 is 2.17 bits per heavy atom. The van der Waals surface area contributed by atoms with E-state index in [1.165, 1.54) is 17.1 Å². The Hall–Kier alpha value is -2.75. The van der Waals surface area contributed by atoms with Gasteiger partial charge < -0.3 is 36.6 Å². The SMILES string of the molecule is CCC(CN)ON=C(C(=O)NC1C(=O)N2C(C(=O)[O-])=C(CSc3nnnn3CC(=O)O)CS[C@H]12)c1csc(N)n1.[Na+]. The summed E-state index contributed by atoms with van der Waals surface area (Å²) < 4.78 is 1.06. The molecule has 0 aliphatic carbocycles. The van der Waals surface area contributed by atoms with Crippen LogP contribution in [0.5, 0.6) is 0 Å². The van der Waals surface area contributed by atoms with Crippen molar-refractivity contribution in [2.45, 2.75) is 42.6 Å². The maximum Gasteiger partial charge on any atom is 1.00 e. The number of aromatic nitrogens is 5. The van der Waals surface area contributed by atoms with Crippen molar-refractivity contribution >= 4 is 69.5 Å². The number of nitrogens with zero attached hydrogens (tertiary/aromatic N) is 7. The minimum Gasteiger partial charge on any atom is -0.543 e. The van der Waals surface area contributed by atoms with Crippen LogP contribution < -0.4 is 51.4 Å². The molecule has 0 aromatic carbocycles. The molecule has 2 aromatic heterocycles. The number of tetrazole rings is 1. The van der Waals surface area contributed by atoms with Gasteiger partial charge in [0.1, 0.15) is 29.8 Å². The number of amides is 2. The van der Waals surface area contributed by atoms with Crippen molar-refractivity contribution in [3.05, 3.63) is 22.3 Å². The third-order valence-corrected chi connectivity index (χ3v) is 8.73. The maximum atomic E-state index is 13.2. The van der Waals surface area contributed by atoms with Crippen molar-refractivity contribution in [2.75, 3.05) is 23.8 Å². The summed E-state index contributed by atoms with van der Waals surface area (Å²) in [6.07, 6.45) is 0.0883. The molecule has 2 aliphatic heterocycles. The monoisotopic (exact) mass is 634 g/mol. The van der Waals surface area contributed by atoms with E-state index < -0.39 is 47.8 Å². The van der Waals surface area contributed by atoms with Gasteiger partial charge >= 0.3 is 35.5 Å². The number of aliphatic carboxylic acids is 2. The molecule has 1 fully saturated rings. The molecule has 41 heavy (non-hydrogen) atoms. The van der Waals surface area contributed by atoms with Gasteiger partial charge in [-0.3, -0.25) is 19.3 Å². The van der Waals surface area contributed by atoms with E-state index in [-0.39, 0.29) is 75.0 Å². The van der Waals surface area contributed by atoms with Gasteiger partial charge in [-0.15, -0.1) is 28.2 Å². The summed E-state index contributed by atoms with van der Waals surface area (Å²) in [5.41, 5.74) is 11.3. The van der Waals surface area contributed by atoms with Crippen molar-refractivity contribution in [3.8, 4) is 0 Å². The van der Waals surface area contributed by atoms with E-state index in [9.17, 15) is 24.3 Å². The first kappa shape index (κ1) is 32.8. The Morgan fingerprint density at radius 1 is 1.41 bits per heavy atom. The number of nitrogens with two attached hydrogens (primary N) is 2. The summed E-state index contributed by atoms with van der Waals surface area (Å²) in [5, 5.41) is 39.5. The van der Waals surface area contributed by atoms with Crippen LogP contribution in [0.2, 0.25) is 0 Å². The molecule has 1 saturated heterocycles. The fourth-order valence-electron chi connectivity index (χ4n) is 3.68. The van der Waals surface area contributed by atoms with Gasteiger partial charge in [-0.05, 0) is 22.4 Å². The fourth-order valence-corrected chi connectivity index (χ4v) is 6.59. The van der Waals surface area contributed by atoms with Gasteiger partial charge in [-0.2, -0.15) is 0 Å². The largest absolute Gasteiger partial charge is 1.00 e. The molecular weight excluding hydrogens is 611 g/mol. The standard InChI is InChI=1S/C20H24N10O7S3.Na/c1-2-9(3-21)37-26-12(10-7-39-19(22)23-10)15(33)24-13-16(34)30-14(18(35)36)8(5-38-17(13)30)6-40-20-25-27-28-29(20)4-11(31)32;/h7,9,13,17H,2-6,21H2,1H3,(H2,22,23)(H,24,33)(H,31,32)(H,35,36);/q;+1/p-1/t9?,13?,17-;/m1./s1. The normalized spacial score (nSPS) is 19.1. The summed E-state index contributed by atoms with van der Waals surface area (Å²) >= 11 is 3.34. The third-order valence-electron chi connectivity index (χ3n) is 5.68. The predicted molar refractivity (Wildman–Crippen MR) is 141 cm³/mol. The second-order valence-electron chi connectivity index (χ2n) is 8.28. The van der Waals surface area contributed by atoms with Crippen LogP contribution >= 0.6 is 34.9 Å². The molecule has 0 saturated carbocycles. The number of fused-ring (bicyclic) bond motifs is 1. The maximum absolute atomic E-state index is 13.2. The van der Waals surface area contributed by atoms with E-state index in [4.69, 9.17) is 21.4 Å². The number of carboxylic acids is 2. The second kappa shape index (κ2) is 14.4. The molecule has 214 valence electrons. The average molecular weight is 635 g/mol. The average Bonchev–Trinajstić information content (AvgIpc) is 3.55. The van der Waals surface area contributed by atoms with Crippen LogP contribution in [-0.4, -0.2) is 100 Å².